The van der Waals surface area contributed by atoms with Crippen LogP contribution in [0.3, 0.4) is 0 Å². The minimum Gasteiger partial charge on any atom is -0.493 e. The fourth-order valence-electron chi connectivity index (χ4n) is 3.22. The molecular formula is C22H37N3O3. The SMILES string of the molecule is CN=C(NCCc1ccc(OCC(C)C)cc1)N1CCC(COCCOC)C1. The Morgan fingerprint density at radius 2 is 2.04 bits per heavy atom. The first-order valence-electron chi connectivity index (χ1n) is 10.4. The number of nitrogens with one attached hydrogen (secondary N) is 1. The summed E-state index contributed by atoms with van der Waals surface area (Å²) in [6, 6.07) is 8.40. The molecule has 0 aromatic heterocycles. The summed E-state index contributed by atoms with van der Waals surface area (Å²) < 4.78 is 16.4. The number of nitrogens with zero attached hydrogens (tertiary/aromatic N) is 2. The molecule has 1 heterocycles. The van der Waals surface area contributed by atoms with Crippen molar-refractivity contribution >= 4 is 5.96 Å². The van der Waals surface area contributed by atoms with Crippen molar-refractivity contribution in [1.29, 1.82) is 0 Å². The van der Waals surface area contributed by atoms with Gasteiger partial charge in [0.15, 0.2) is 5.96 Å². The van der Waals surface area contributed by atoms with E-state index in [0.29, 0.717) is 25.0 Å². The smallest absolute Gasteiger partial charge is 0.193 e. The lowest BCUT2D eigenvalue weighted by Crippen LogP contribution is -2.41. The Labute approximate surface area is 170 Å². The Balaban J connectivity index is 1.68. The largest absolute Gasteiger partial charge is 0.493 e. The highest BCUT2D eigenvalue weighted by Gasteiger charge is 2.24. The number of ether oxygens (including phenoxy) is 3. The van der Waals surface area contributed by atoms with Gasteiger partial charge in [-0.1, -0.05) is 26.0 Å². The highest BCUT2D eigenvalue weighted by Crippen LogP contribution is 2.17. The average Bonchev–Trinajstić information content (AvgIpc) is 3.16. The molecule has 0 spiro atoms. The van der Waals surface area contributed by atoms with Crippen LogP contribution in [0.5, 0.6) is 5.75 Å². The molecule has 1 N–H and O–H groups in total. The van der Waals surface area contributed by atoms with Crippen molar-refractivity contribution in [2.45, 2.75) is 26.7 Å². The van der Waals surface area contributed by atoms with Gasteiger partial charge in [0.25, 0.3) is 0 Å². The maximum atomic E-state index is 5.74. The van der Waals surface area contributed by atoms with E-state index in [1.165, 1.54) is 5.56 Å². The van der Waals surface area contributed by atoms with E-state index in [-0.39, 0.29) is 0 Å². The van der Waals surface area contributed by atoms with Gasteiger partial charge in [0, 0.05) is 39.7 Å². The molecule has 1 unspecified atom stereocenters. The van der Waals surface area contributed by atoms with E-state index in [2.05, 4.69) is 53.3 Å². The molecule has 1 aliphatic heterocycles. The van der Waals surface area contributed by atoms with Crippen LogP contribution < -0.4 is 10.1 Å². The molecule has 0 radical (unpaired) electrons. The molecule has 6 nitrogen and oxygen atoms in total. The number of hydrogen-bond acceptors (Lipinski definition) is 4. The zero-order valence-electron chi connectivity index (χ0n) is 17.9. The molecule has 6 heteroatoms. The summed E-state index contributed by atoms with van der Waals surface area (Å²) in [5, 5.41) is 3.50. The van der Waals surface area contributed by atoms with Crippen molar-refractivity contribution in [1.82, 2.24) is 10.2 Å². The number of hydrogen-bond donors (Lipinski definition) is 1. The van der Waals surface area contributed by atoms with Crippen molar-refractivity contribution < 1.29 is 14.2 Å². The first kappa shape index (κ1) is 22.5. The third-order valence-electron chi connectivity index (χ3n) is 4.79. The molecule has 1 saturated heterocycles. The molecule has 1 atom stereocenters. The summed E-state index contributed by atoms with van der Waals surface area (Å²) in [4.78, 5) is 6.78. The predicted molar refractivity (Wildman–Crippen MR) is 114 cm³/mol. The topological polar surface area (TPSA) is 55.3 Å². The Kier molecular flexibility index (Phi) is 10.1. The number of guanidine groups is 1. The molecule has 1 aromatic carbocycles. The zero-order chi connectivity index (χ0) is 20.2. The normalized spacial score (nSPS) is 17.4. The average molecular weight is 392 g/mol. The monoisotopic (exact) mass is 391 g/mol. The van der Waals surface area contributed by atoms with Crippen molar-refractivity contribution in [2.75, 3.05) is 60.2 Å². The first-order valence-corrected chi connectivity index (χ1v) is 10.4. The second kappa shape index (κ2) is 12.6. The number of benzene rings is 1. The number of aliphatic imine (C=N–C) groups is 1. The van der Waals surface area contributed by atoms with Gasteiger partial charge in [0.05, 0.1) is 26.4 Å². The van der Waals surface area contributed by atoms with E-state index < -0.39 is 0 Å². The number of methoxy groups -OCH3 is 1. The fraction of sp³-hybridized carbons (Fsp3) is 0.682. The van der Waals surface area contributed by atoms with Crippen LogP contribution in [-0.2, 0) is 15.9 Å². The van der Waals surface area contributed by atoms with E-state index >= 15 is 0 Å². The first-order chi connectivity index (χ1) is 13.6. The summed E-state index contributed by atoms with van der Waals surface area (Å²) >= 11 is 0. The molecule has 1 aromatic rings. The van der Waals surface area contributed by atoms with Gasteiger partial charge in [-0.3, -0.25) is 4.99 Å². The second-order valence-corrected chi connectivity index (χ2v) is 7.74. The molecular weight excluding hydrogens is 354 g/mol. The van der Waals surface area contributed by atoms with Gasteiger partial charge >= 0.3 is 0 Å². The van der Waals surface area contributed by atoms with Gasteiger partial charge in [0.2, 0.25) is 0 Å². The lowest BCUT2D eigenvalue weighted by Gasteiger charge is -2.21. The summed E-state index contributed by atoms with van der Waals surface area (Å²) in [6.45, 7) is 10.1. The Morgan fingerprint density at radius 1 is 1.25 bits per heavy atom. The van der Waals surface area contributed by atoms with Crippen LogP contribution in [0.15, 0.2) is 29.3 Å². The van der Waals surface area contributed by atoms with Crippen molar-refractivity contribution in [3.8, 4) is 5.75 Å². The second-order valence-electron chi connectivity index (χ2n) is 7.74. The molecule has 158 valence electrons. The summed E-state index contributed by atoms with van der Waals surface area (Å²) in [6.07, 6.45) is 2.10. The lowest BCUT2D eigenvalue weighted by atomic mass is 10.1. The third kappa shape index (κ3) is 8.07. The molecule has 2 rings (SSSR count). The fourth-order valence-corrected chi connectivity index (χ4v) is 3.22. The maximum Gasteiger partial charge on any atom is 0.193 e. The summed E-state index contributed by atoms with van der Waals surface area (Å²) in [5.41, 5.74) is 1.30. The highest BCUT2D eigenvalue weighted by atomic mass is 16.5. The Morgan fingerprint density at radius 3 is 2.71 bits per heavy atom. The number of rotatable bonds is 11. The van der Waals surface area contributed by atoms with Crippen molar-refractivity contribution in [2.24, 2.45) is 16.8 Å². The van der Waals surface area contributed by atoms with Crippen LogP contribution in [0.4, 0.5) is 0 Å². The summed E-state index contributed by atoms with van der Waals surface area (Å²) in [5.74, 6) is 3.03. The zero-order valence-corrected chi connectivity index (χ0v) is 17.9. The van der Waals surface area contributed by atoms with E-state index in [1.54, 1.807) is 7.11 Å². The highest BCUT2D eigenvalue weighted by molar-refractivity contribution is 5.80. The van der Waals surface area contributed by atoms with Crippen LogP contribution in [0.2, 0.25) is 0 Å². The van der Waals surface area contributed by atoms with Gasteiger partial charge in [-0.25, -0.2) is 0 Å². The van der Waals surface area contributed by atoms with Crippen LogP contribution >= 0.6 is 0 Å². The van der Waals surface area contributed by atoms with Gasteiger partial charge in [-0.05, 0) is 36.5 Å². The van der Waals surface area contributed by atoms with Gasteiger partial charge < -0.3 is 24.4 Å². The third-order valence-corrected chi connectivity index (χ3v) is 4.79. The lowest BCUT2D eigenvalue weighted by molar-refractivity contribution is 0.0536. The van der Waals surface area contributed by atoms with Gasteiger partial charge in [-0.2, -0.15) is 0 Å². The molecule has 1 fully saturated rings. The predicted octanol–water partition coefficient (Wildman–Crippen LogP) is 2.82. The van der Waals surface area contributed by atoms with E-state index in [4.69, 9.17) is 14.2 Å². The van der Waals surface area contributed by atoms with Gasteiger partial charge in [-0.15, -0.1) is 0 Å². The quantitative estimate of drug-likeness (QED) is 0.357. The molecule has 0 saturated carbocycles. The Hall–Kier alpha value is -1.79. The molecule has 1 aliphatic rings. The van der Waals surface area contributed by atoms with Crippen molar-refractivity contribution in [3.05, 3.63) is 29.8 Å². The number of likely N-dealkylation sites (tertiary alicyclic amines) is 1. The van der Waals surface area contributed by atoms with E-state index in [1.807, 2.05) is 7.05 Å². The van der Waals surface area contributed by atoms with E-state index in [0.717, 1.165) is 57.4 Å². The molecule has 28 heavy (non-hydrogen) atoms. The van der Waals surface area contributed by atoms with Crippen LogP contribution in [0.1, 0.15) is 25.8 Å². The Bertz CT molecular complexity index is 575. The molecule has 0 aliphatic carbocycles. The summed E-state index contributed by atoms with van der Waals surface area (Å²) in [7, 11) is 3.55. The molecule has 0 amide bonds. The molecule has 0 bridgehead atoms. The van der Waals surface area contributed by atoms with Crippen LogP contribution in [0, 0.1) is 11.8 Å². The van der Waals surface area contributed by atoms with Crippen LogP contribution in [-0.4, -0.2) is 71.1 Å². The maximum absolute atomic E-state index is 5.74. The standard InChI is InChI=1S/C22H37N3O3/c1-18(2)16-28-21-7-5-19(6-8-21)9-11-24-22(23-3)25-12-10-20(15-25)17-27-14-13-26-4/h5-8,18,20H,9-17H2,1-4H3,(H,23,24). The minimum absolute atomic E-state index is 0.540. The van der Waals surface area contributed by atoms with Gasteiger partial charge in [0.1, 0.15) is 5.75 Å². The van der Waals surface area contributed by atoms with Crippen molar-refractivity contribution in [3.63, 3.8) is 0 Å². The minimum atomic E-state index is 0.540. The van der Waals surface area contributed by atoms with E-state index in [9.17, 15) is 0 Å². The van der Waals surface area contributed by atoms with Crippen LogP contribution in [0.25, 0.3) is 0 Å².